The highest BCUT2D eigenvalue weighted by atomic mass is 32.2. The quantitative estimate of drug-likeness (QED) is 0.873. The van der Waals surface area contributed by atoms with Crippen LogP contribution < -0.4 is 0 Å². The van der Waals surface area contributed by atoms with Crippen LogP contribution in [0, 0.1) is 5.82 Å². The van der Waals surface area contributed by atoms with Crippen molar-refractivity contribution in [3.63, 3.8) is 0 Å². The molecular weight excluding hydrogens is 327 g/mol. The van der Waals surface area contributed by atoms with Crippen LogP contribution in [0.5, 0.6) is 5.75 Å². The molecule has 3 atom stereocenters. The molecule has 1 unspecified atom stereocenters. The second kappa shape index (κ2) is 6.10. The zero-order valence-corrected chi connectivity index (χ0v) is 13.4. The minimum Gasteiger partial charge on any atom is -0.504 e. The molecule has 1 saturated heterocycles. The fourth-order valence-electron chi connectivity index (χ4n) is 2.60. The first kappa shape index (κ1) is 15.6. The predicted molar refractivity (Wildman–Crippen MR) is 86.3 cm³/mol. The number of phenols is 1. The largest absolute Gasteiger partial charge is 0.504 e. The van der Waals surface area contributed by atoms with Crippen LogP contribution in [0.4, 0.5) is 4.39 Å². The van der Waals surface area contributed by atoms with E-state index in [1.54, 1.807) is 24.9 Å². The van der Waals surface area contributed by atoms with Gasteiger partial charge in [0.15, 0.2) is 11.6 Å². The van der Waals surface area contributed by atoms with Crippen LogP contribution in [0.3, 0.4) is 0 Å². The zero-order valence-electron chi connectivity index (χ0n) is 11.8. The van der Waals surface area contributed by atoms with Crippen molar-refractivity contribution in [2.75, 3.05) is 18.6 Å². The molecule has 118 valence electrons. The molecule has 0 aliphatic carbocycles. The molecule has 2 N–H and O–H groups in total. The number of hydrogen-bond acceptors (Lipinski definition) is 6. The summed E-state index contributed by atoms with van der Waals surface area (Å²) in [6.07, 6.45) is 0. The predicted octanol–water partition coefficient (Wildman–Crippen LogP) is 1.85. The van der Waals surface area contributed by atoms with Crippen LogP contribution >= 0.6 is 23.5 Å². The van der Waals surface area contributed by atoms with Crippen molar-refractivity contribution < 1.29 is 19.4 Å². The molecule has 22 heavy (non-hydrogen) atoms. The molecule has 2 heterocycles. The molecule has 0 amide bonds. The third kappa shape index (κ3) is 2.70. The molecule has 1 aromatic rings. The van der Waals surface area contributed by atoms with Crippen LogP contribution in [0.1, 0.15) is 5.56 Å². The Bertz CT molecular complexity index is 641. The number of likely N-dealkylation sites (N-methyl/N-ethyl adjacent to an activating group) is 1. The third-order valence-corrected chi connectivity index (χ3v) is 6.43. The Morgan fingerprint density at radius 2 is 2.23 bits per heavy atom. The SMILES string of the molecule is CN1C([C@@H]2CSC(c3cccc(F)c3O)=N2)SC[C@@H]1C(=O)O. The first-order chi connectivity index (χ1) is 10.5. The molecule has 0 saturated carbocycles. The number of phenolic OH excluding ortho intramolecular Hbond substituents is 1. The van der Waals surface area contributed by atoms with E-state index >= 15 is 0 Å². The summed E-state index contributed by atoms with van der Waals surface area (Å²) in [5.74, 6) is -0.643. The minimum absolute atomic E-state index is 0.0122. The van der Waals surface area contributed by atoms with Crippen LogP contribution in [-0.2, 0) is 4.79 Å². The smallest absolute Gasteiger partial charge is 0.321 e. The summed E-state index contributed by atoms with van der Waals surface area (Å²) >= 11 is 3.04. The number of aliphatic carboxylic acids is 1. The van der Waals surface area contributed by atoms with E-state index in [9.17, 15) is 19.4 Å². The second-order valence-electron chi connectivity index (χ2n) is 5.19. The van der Waals surface area contributed by atoms with Gasteiger partial charge in [-0.05, 0) is 19.2 Å². The maximum atomic E-state index is 13.4. The van der Waals surface area contributed by atoms with Crippen molar-refractivity contribution in [2.24, 2.45) is 4.99 Å². The van der Waals surface area contributed by atoms with Crippen molar-refractivity contribution in [3.05, 3.63) is 29.6 Å². The number of para-hydroxylation sites is 1. The minimum atomic E-state index is -0.824. The lowest BCUT2D eigenvalue weighted by Crippen LogP contribution is -2.42. The number of aromatic hydroxyl groups is 1. The molecule has 1 aromatic carbocycles. The molecule has 3 rings (SSSR count). The number of aliphatic imine (C=N–C) groups is 1. The second-order valence-corrected chi connectivity index (χ2v) is 7.35. The first-order valence-corrected chi connectivity index (χ1v) is 8.77. The normalized spacial score (nSPS) is 28.8. The lowest BCUT2D eigenvalue weighted by Gasteiger charge is -2.24. The van der Waals surface area contributed by atoms with E-state index < -0.39 is 17.8 Å². The zero-order chi connectivity index (χ0) is 15.9. The van der Waals surface area contributed by atoms with Gasteiger partial charge in [-0.15, -0.1) is 23.5 Å². The van der Waals surface area contributed by atoms with Crippen molar-refractivity contribution in [1.29, 1.82) is 0 Å². The van der Waals surface area contributed by atoms with Gasteiger partial charge < -0.3 is 10.2 Å². The lowest BCUT2D eigenvalue weighted by atomic mass is 10.2. The van der Waals surface area contributed by atoms with E-state index in [-0.39, 0.29) is 17.2 Å². The van der Waals surface area contributed by atoms with Gasteiger partial charge in [-0.1, -0.05) is 6.07 Å². The molecule has 1 fully saturated rings. The van der Waals surface area contributed by atoms with Gasteiger partial charge in [0.25, 0.3) is 0 Å². The van der Waals surface area contributed by atoms with Crippen molar-refractivity contribution in [2.45, 2.75) is 17.5 Å². The van der Waals surface area contributed by atoms with E-state index in [4.69, 9.17) is 0 Å². The number of hydrogen-bond donors (Lipinski definition) is 2. The highest BCUT2D eigenvalue weighted by Gasteiger charge is 2.41. The van der Waals surface area contributed by atoms with Gasteiger partial charge in [0.05, 0.1) is 17.0 Å². The number of carboxylic acids is 1. The molecule has 2 aliphatic rings. The Balaban J connectivity index is 1.80. The van der Waals surface area contributed by atoms with Gasteiger partial charge >= 0.3 is 5.97 Å². The van der Waals surface area contributed by atoms with Gasteiger partial charge in [0, 0.05) is 11.5 Å². The highest BCUT2D eigenvalue weighted by molar-refractivity contribution is 8.14. The molecular formula is C14H15FN2O3S2. The van der Waals surface area contributed by atoms with Gasteiger partial charge in [0.2, 0.25) is 0 Å². The molecule has 0 aromatic heterocycles. The molecule has 0 radical (unpaired) electrons. The lowest BCUT2D eigenvalue weighted by molar-refractivity contribution is -0.141. The van der Waals surface area contributed by atoms with E-state index in [0.717, 1.165) is 0 Å². The van der Waals surface area contributed by atoms with Gasteiger partial charge in [-0.25, -0.2) is 4.39 Å². The number of nitrogens with zero attached hydrogens (tertiary/aromatic N) is 2. The Morgan fingerprint density at radius 1 is 1.45 bits per heavy atom. The summed E-state index contributed by atoms with van der Waals surface area (Å²) in [6.45, 7) is 0. The number of carbonyl (C=O) groups is 1. The Labute approximate surface area is 135 Å². The van der Waals surface area contributed by atoms with E-state index in [1.165, 1.54) is 23.9 Å². The summed E-state index contributed by atoms with van der Waals surface area (Å²) in [4.78, 5) is 17.6. The van der Waals surface area contributed by atoms with Gasteiger partial charge in [0.1, 0.15) is 11.1 Å². The van der Waals surface area contributed by atoms with E-state index in [0.29, 0.717) is 22.1 Å². The number of halogens is 1. The summed E-state index contributed by atoms with van der Waals surface area (Å²) in [6, 6.07) is 3.81. The monoisotopic (exact) mass is 342 g/mol. The molecule has 0 spiro atoms. The summed E-state index contributed by atoms with van der Waals surface area (Å²) < 4.78 is 13.4. The summed E-state index contributed by atoms with van der Waals surface area (Å²) in [5.41, 5.74) is 0.396. The maximum absolute atomic E-state index is 13.4. The Morgan fingerprint density at radius 3 is 2.91 bits per heavy atom. The number of rotatable bonds is 3. The number of carboxylic acid groups (broad SMARTS) is 1. The number of benzene rings is 1. The standard InChI is InChI=1S/C14H15FN2O3S2/c1-17-10(14(19)20)6-22-13(17)9-5-21-12(16-9)7-3-2-4-8(15)11(7)18/h2-4,9-10,13,18H,5-6H2,1H3,(H,19,20)/t9-,10+,13?/m0/s1. The van der Waals surface area contributed by atoms with Gasteiger partial charge in [-0.3, -0.25) is 14.7 Å². The molecule has 2 aliphatic heterocycles. The first-order valence-electron chi connectivity index (χ1n) is 6.74. The molecule has 8 heteroatoms. The molecule has 0 bridgehead atoms. The van der Waals surface area contributed by atoms with Crippen LogP contribution in [0.25, 0.3) is 0 Å². The number of thioether (sulfide) groups is 2. The Kier molecular flexibility index (Phi) is 4.33. The fourth-order valence-corrected chi connectivity index (χ4v) is 5.36. The van der Waals surface area contributed by atoms with Crippen LogP contribution in [0.2, 0.25) is 0 Å². The van der Waals surface area contributed by atoms with Crippen molar-refractivity contribution >= 4 is 34.5 Å². The van der Waals surface area contributed by atoms with E-state index in [1.807, 2.05) is 4.90 Å². The molecule has 5 nitrogen and oxygen atoms in total. The average Bonchev–Trinajstić information content (AvgIpc) is 3.08. The third-order valence-electron chi connectivity index (χ3n) is 3.82. The summed E-state index contributed by atoms with van der Waals surface area (Å²) in [5, 5.41) is 19.6. The van der Waals surface area contributed by atoms with Crippen molar-refractivity contribution in [1.82, 2.24) is 4.90 Å². The highest BCUT2D eigenvalue weighted by Crippen LogP contribution is 2.37. The van der Waals surface area contributed by atoms with Crippen LogP contribution in [0.15, 0.2) is 23.2 Å². The topological polar surface area (TPSA) is 73.1 Å². The summed E-state index contributed by atoms with van der Waals surface area (Å²) in [7, 11) is 1.79. The van der Waals surface area contributed by atoms with Crippen LogP contribution in [-0.4, -0.2) is 62.1 Å². The van der Waals surface area contributed by atoms with E-state index in [2.05, 4.69) is 4.99 Å². The average molecular weight is 342 g/mol. The van der Waals surface area contributed by atoms with Crippen molar-refractivity contribution in [3.8, 4) is 5.75 Å². The Hall–Kier alpha value is -1.25. The maximum Gasteiger partial charge on any atom is 0.321 e. The fraction of sp³-hybridized carbons (Fsp3) is 0.429. The van der Waals surface area contributed by atoms with Gasteiger partial charge in [-0.2, -0.15) is 0 Å².